The molecule has 126 valence electrons. The molecule has 0 unspecified atom stereocenters. The Hall–Kier alpha value is -2.66. The minimum Gasteiger partial charge on any atom is -0.378 e. The quantitative estimate of drug-likeness (QED) is 0.752. The van der Waals surface area contributed by atoms with Crippen LogP contribution in [0.1, 0.15) is 28.4 Å². The fourth-order valence-corrected chi connectivity index (χ4v) is 2.64. The molecule has 4 N–H and O–H groups in total. The van der Waals surface area contributed by atoms with Gasteiger partial charge in [-0.05, 0) is 36.1 Å². The average Bonchev–Trinajstić information content (AvgIpc) is 2.57. The van der Waals surface area contributed by atoms with E-state index in [4.69, 9.17) is 5.73 Å². The molecule has 2 amide bonds. The van der Waals surface area contributed by atoms with Gasteiger partial charge in [0.05, 0.1) is 0 Å². The second-order valence-electron chi connectivity index (χ2n) is 5.85. The summed E-state index contributed by atoms with van der Waals surface area (Å²) in [5.41, 5.74) is 8.92. The number of aliphatic hydroxyl groups excluding tert-OH is 1. The van der Waals surface area contributed by atoms with Crippen LogP contribution in [0.5, 0.6) is 0 Å². The second kappa shape index (κ2) is 7.75. The van der Waals surface area contributed by atoms with Crippen molar-refractivity contribution in [2.45, 2.75) is 32.4 Å². The van der Waals surface area contributed by atoms with Crippen LogP contribution in [0.4, 0.5) is 0 Å². The molecule has 0 aliphatic rings. The van der Waals surface area contributed by atoms with E-state index in [1.54, 1.807) is 30.3 Å². The molecule has 0 heterocycles. The van der Waals surface area contributed by atoms with Crippen LogP contribution < -0.4 is 11.1 Å². The number of amides is 2. The van der Waals surface area contributed by atoms with Gasteiger partial charge in [0, 0.05) is 6.42 Å². The second-order valence-corrected chi connectivity index (χ2v) is 5.85. The van der Waals surface area contributed by atoms with Gasteiger partial charge in [-0.3, -0.25) is 9.59 Å². The summed E-state index contributed by atoms with van der Waals surface area (Å²) < 4.78 is 0. The van der Waals surface area contributed by atoms with E-state index in [2.05, 4.69) is 5.32 Å². The van der Waals surface area contributed by atoms with Crippen molar-refractivity contribution in [2.75, 3.05) is 0 Å². The number of primary amides is 1. The number of benzene rings is 2. The van der Waals surface area contributed by atoms with E-state index < -0.39 is 24.0 Å². The predicted molar refractivity (Wildman–Crippen MR) is 92.1 cm³/mol. The Bertz CT molecular complexity index is 708. The molecular formula is C19H22N2O3. The zero-order valence-electron chi connectivity index (χ0n) is 13.8. The third kappa shape index (κ3) is 4.20. The van der Waals surface area contributed by atoms with Gasteiger partial charge in [-0.1, -0.05) is 48.5 Å². The van der Waals surface area contributed by atoms with Crippen LogP contribution in [0.25, 0.3) is 0 Å². The first kappa shape index (κ1) is 17.7. The van der Waals surface area contributed by atoms with Crippen LogP contribution >= 0.6 is 0 Å². The van der Waals surface area contributed by atoms with Gasteiger partial charge in [0.25, 0.3) is 5.91 Å². The van der Waals surface area contributed by atoms with E-state index in [9.17, 15) is 14.7 Å². The Morgan fingerprint density at radius 3 is 2.17 bits per heavy atom. The number of aliphatic hydroxyl groups is 1. The highest BCUT2D eigenvalue weighted by Gasteiger charge is 2.24. The van der Waals surface area contributed by atoms with Crippen LogP contribution in [0.3, 0.4) is 0 Å². The van der Waals surface area contributed by atoms with Crippen molar-refractivity contribution in [3.63, 3.8) is 0 Å². The Labute approximate surface area is 141 Å². The first-order valence-corrected chi connectivity index (χ1v) is 7.78. The lowest BCUT2D eigenvalue weighted by atomic mass is 9.96. The highest BCUT2D eigenvalue weighted by Crippen LogP contribution is 2.17. The summed E-state index contributed by atoms with van der Waals surface area (Å²) in [4.78, 5) is 24.0. The first-order valence-electron chi connectivity index (χ1n) is 7.78. The zero-order chi connectivity index (χ0) is 17.7. The number of aryl methyl sites for hydroxylation is 2. The van der Waals surface area contributed by atoms with Crippen LogP contribution in [0, 0.1) is 13.8 Å². The Morgan fingerprint density at radius 2 is 1.62 bits per heavy atom. The molecule has 0 spiro atoms. The molecule has 24 heavy (non-hydrogen) atoms. The number of carbonyl (C=O) groups is 2. The zero-order valence-corrected chi connectivity index (χ0v) is 13.8. The van der Waals surface area contributed by atoms with E-state index in [1.807, 2.05) is 32.0 Å². The van der Waals surface area contributed by atoms with Gasteiger partial charge in [0.15, 0.2) is 6.10 Å². The summed E-state index contributed by atoms with van der Waals surface area (Å²) in [6.45, 7) is 3.89. The smallest absolute Gasteiger partial charge is 0.254 e. The molecule has 5 heteroatoms. The molecule has 2 atom stereocenters. The van der Waals surface area contributed by atoms with Crippen molar-refractivity contribution in [1.82, 2.24) is 5.32 Å². The lowest BCUT2D eigenvalue weighted by Crippen LogP contribution is -2.47. The van der Waals surface area contributed by atoms with Crippen molar-refractivity contribution < 1.29 is 14.7 Å². The van der Waals surface area contributed by atoms with Crippen LogP contribution in [0.15, 0.2) is 48.5 Å². The van der Waals surface area contributed by atoms with E-state index in [0.29, 0.717) is 12.0 Å². The summed E-state index contributed by atoms with van der Waals surface area (Å²) >= 11 is 0. The fraction of sp³-hybridized carbons (Fsp3) is 0.263. The van der Waals surface area contributed by atoms with E-state index in [0.717, 1.165) is 16.7 Å². The van der Waals surface area contributed by atoms with Crippen LogP contribution in [-0.2, 0) is 16.0 Å². The third-order valence-electron chi connectivity index (χ3n) is 4.08. The number of nitrogens with two attached hydrogens (primary N) is 1. The van der Waals surface area contributed by atoms with Crippen molar-refractivity contribution in [3.8, 4) is 0 Å². The van der Waals surface area contributed by atoms with E-state index in [-0.39, 0.29) is 0 Å². The number of nitrogens with one attached hydrogen (secondary N) is 1. The van der Waals surface area contributed by atoms with E-state index in [1.165, 1.54) is 0 Å². The lowest BCUT2D eigenvalue weighted by Gasteiger charge is -2.20. The summed E-state index contributed by atoms with van der Waals surface area (Å²) in [6, 6.07) is 13.5. The highest BCUT2D eigenvalue weighted by molar-refractivity contribution is 5.89. The molecule has 0 aliphatic carbocycles. The van der Waals surface area contributed by atoms with Gasteiger partial charge in [-0.2, -0.15) is 0 Å². The Balaban J connectivity index is 2.14. The van der Waals surface area contributed by atoms with Gasteiger partial charge < -0.3 is 16.2 Å². The standard InChI is InChI=1S/C19H22N2O3/c1-12-7-6-8-13(2)15(12)11-16(18(20)23)21-19(24)17(22)14-9-4-3-5-10-14/h3-10,16-17,22H,11H2,1-2H3,(H2,20,23)(H,21,24)/t16-,17-/m0/s1. The summed E-state index contributed by atoms with van der Waals surface area (Å²) in [5, 5.41) is 12.7. The van der Waals surface area contributed by atoms with Gasteiger partial charge in [0.2, 0.25) is 5.91 Å². The van der Waals surface area contributed by atoms with Crippen molar-refractivity contribution >= 4 is 11.8 Å². The van der Waals surface area contributed by atoms with Gasteiger partial charge >= 0.3 is 0 Å². The number of rotatable bonds is 6. The molecule has 2 rings (SSSR count). The maximum absolute atomic E-state index is 12.2. The van der Waals surface area contributed by atoms with E-state index >= 15 is 0 Å². The summed E-state index contributed by atoms with van der Waals surface area (Å²) in [7, 11) is 0. The molecule has 2 aromatic carbocycles. The summed E-state index contributed by atoms with van der Waals surface area (Å²) in [5.74, 6) is -1.28. The molecule has 5 nitrogen and oxygen atoms in total. The number of hydrogen-bond acceptors (Lipinski definition) is 3. The third-order valence-corrected chi connectivity index (χ3v) is 4.08. The minimum atomic E-state index is -1.34. The summed E-state index contributed by atoms with van der Waals surface area (Å²) in [6.07, 6.45) is -1.05. The monoisotopic (exact) mass is 326 g/mol. The fourth-order valence-electron chi connectivity index (χ4n) is 2.64. The van der Waals surface area contributed by atoms with Crippen molar-refractivity contribution in [1.29, 1.82) is 0 Å². The van der Waals surface area contributed by atoms with Gasteiger partial charge in [-0.25, -0.2) is 0 Å². The Morgan fingerprint density at radius 1 is 1.04 bits per heavy atom. The molecule has 0 bridgehead atoms. The highest BCUT2D eigenvalue weighted by atomic mass is 16.3. The largest absolute Gasteiger partial charge is 0.378 e. The molecule has 0 aliphatic heterocycles. The normalized spacial score (nSPS) is 13.1. The van der Waals surface area contributed by atoms with Gasteiger partial charge in [0.1, 0.15) is 6.04 Å². The average molecular weight is 326 g/mol. The maximum Gasteiger partial charge on any atom is 0.254 e. The number of carbonyl (C=O) groups excluding carboxylic acids is 2. The molecule has 0 aromatic heterocycles. The van der Waals surface area contributed by atoms with Crippen LogP contribution in [0.2, 0.25) is 0 Å². The number of hydrogen-bond donors (Lipinski definition) is 3. The van der Waals surface area contributed by atoms with Crippen LogP contribution in [-0.4, -0.2) is 23.0 Å². The molecule has 2 aromatic rings. The topological polar surface area (TPSA) is 92.4 Å². The maximum atomic E-state index is 12.2. The minimum absolute atomic E-state index is 0.293. The molecule has 0 saturated carbocycles. The van der Waals surface area contributed by atoms with Crippen molar-refractivity contribution in [3.05, 3.63) is 70.8 Å². The lowest BCUT2D eigenvalue weighted by molar-refractivity contribution is -0.133. The molecule has 0 radical (unpaired) electrons. The first-order chi connectivity index (χ1) is 11.4. The predicted octanol–water partition coefficient (Wildman–Crippen LogP) is 1.55. The molecule has 0 saturated heterocycles. The Kier molecular flexibility index (Phi) is 5.71. The van der Waals surface area contributed by atoms with Crippen molar-refractivity contribution in [2.24, 2.45) is 5.73 Å². The molecular weight excluding hydrogens is 304 g/mol. The van der Waals surface area contributed by atoms with Gasteiger partial charge in [-0.15, -0.1) is 0 Å². The molecule has 0 fully saturated rings. The SMILES string of the molecule is Cc1cccc(C)c1C[C@H](NC(=O)[C@@H](O)c1ccccc1)C(N)=O.